The predicted molar refractivity (Wildman–Crippen MR) is 118 cm³/mol. The summed E-state index contributed by atoms with van der Waals surface area (Å²) in [5.41, 5.74) is -0.488. The van der Waals surface area contributed by atoms with Gasteiger partial charge in [-0.25, -0.2) is 19.2 Å². The summed E-state index contributed by atoms with van der Waals surface area (Å²) in [5, 5.41) is 10.2. The van der Waals surface area contributed by atoms with Crippen LogP contribution in [0, 0.1) is 11.8 Å². The predicted octanol–water partition coefficient (Wildman–Crippen LogP) is 2.74. The van der Waals surface area contributed by atoms with Gasteiger partial charge in [-0.3, -0.25) is 0 Å². The standard InChI is InChI=1S/C21H23ClF2N6O2S/c22-13-6-25-17(26-7-13)15-11-4-12(15)9-30(8-11)19-27-14-5-21(23,24)33(32)16(14)18(28-19)29-20(10-31)2-1-3-20/h6-7,11-12,15,31H,1-5,8-10H2,(H,27,28,29). The summed E-state index contributed by atoms with van der Waals surface area (Å²) >= 11 is 5.92. The number of fused-ring (bicyclic) bond motifs is 3. The lowest BCUT2D eigenvalue weighted by molar-refractivity contribution is 0.102. The molecule has 2 N–H and O–H groups in total. The monoisotopic (exact) mass is 496 g/mol. The Labute approximate surface area is 196 Å². The largest absolute Gasteiger partial charge is 0.394 e. The number of nitrogens with one attached hydrogen (secondary N) is 1. The summed E-state index contributed by atoms with van der Waals surface area (Å²) in [6.07, 6.45) is 5.92. The molecule has 3 unspecified atom stereocenters. The first-order valence-corrected chi connectivity index (χ1v) is 12.6. The zero-order chi connectivity index (χ0) is 23.0. The van der Waals surface area contributed by atoms with E-state index in [1.165, 1.54) is 0 Å². The van der Waals surface area contributed by atoms with Gasteiger partial charge < -0.3 is 15.3 Å². The molecule has 0 aromatic carbocycles. The Bertz CT molecular complexity index is 1110. The van der Waals surface area contributed by atoms with Gasteiger partial charge in [-0.1, -0.05) is 11.6 Å². The molecule has 2 saturated carbocycles. The second kappa shape index (κ2) is 7.51. The summed E-state index contributed by atoms with van der Waals surface area (Å²) in [4.78, 5) is 19.8. The molecule has 33 heavy (non-hydrogen) atoms. The number of nitrogens with zero attached hydrogens (tertiary/aromatic N) is 5. The highest BCUT2D eigenvalue weighted by molar-refractivity contribution is 7.86. The van der Waals surface area contributed by atoms with Crippen LogP contribution in [0.5, 0.6) is 0 Å². The molecular weight excluding hydrogens is 474 g/mol. The first-order chi connectivity index (χ1) is 15.8. The topological polar surface area (TPSA) is 104 Å². The minimum Gasteiger partial charge on any atom is -0.394 e. The highest BCUT2D eigenvalue weighted by Crippen LogP contribution is 2.51. The molecule has 5 aliphatic rings. The van der Waals surface area contributed by atoms with Crippen LogP contribution in [0.25, 0.3) is 0 Å². The SMILES string of the molecule is O=S1c2c(nc(N3CC4CC(C3)C4c3ncc(Cl)cn3)nc2NC2(CO)CCC2)CC1(F)F. The van der Waals surface area contributed by atoms with E-state index in [1.54, 1.807) is 12.4 Å². The van der Waals surface area contributed by atoms with Crippen LogP contribution in [-0.2, 0) is 17.2 Å². The molecule has 2 bridgehead atoms. The van der Waals surface area contributed by atoms with Crippen LogP contribution in [0.1, 0.15) is 43.1 Å². The van der Waals surface area contributed by atoms with Gasteiger partial charge in [-0.15, -0.1) is 0 Å². The smallest absolute Gasteiger partial charge is 0.331 e. The Kier molecular flexibility index (Phi) is 4.90. The number of hydrogen-bond acceptors (Lipinski definition) is 8. The molecule has 8 nitrogen and oxygen atoms in total. The van der Waals surface area contributed by atoms with Crippen LogP contribution in [-0.4, -0.2) is 59.7 Å². The van der Waals surface area contributed by atoms with E-state index in [4.69, 9.17) is 11.6 Å². The molecule has 0 amide bonds. The second-order valence-electron chi connectivity index (χ2n) is 9.59. The number of rotatable bonds is 5. The second-order valence-corrected chi connectivity index (χ2v) is 11.6. The van der Waals surface area contributed by atoms with Gasteiger partial charge in [0.15, 0.2) is 0 Å². The van der Waals surface area contributed by atoms with Crippen molar-refractivity contribution in [1.82, 2.24) is 19.9 Å². The minimum absolute atomic E-state index is 0.0296. The molecule has 3 aliphatic heterocycles. The van der Waals surface area contributed by atoms with E-state index in [1.807, 2.05) is 4.90 Å². The Hall–Kier alpha value is -1.98. The fourth-order valence-electron chi connectivity index (χ4n) is 5.58. The highest BCUT2D eigenvalue weighted by Gasteiger charge is 2.52. The number of aliphatic hydroxyl groups is 1. The van der Waals surface area contributed by atoms with Crippen molar-refractivity contribution in [3.63, 3.8) is 0 Å². The summed E-state index contributed by atoms with van der Waals surface area (Å²) < 4.78 is 41.2. The maximum atomic E-state index is 14.3. The van der Waals surface area contributed by atoms with E-state index in [0.29, 0.717) is 48.7 Å². The molecule has 5 heterocycles. The molecule has 2 saturated heterocycles. The zero-order valence-corrected chi connectivity index (χ0v) is 19.2. The van der Waals surface area contributed by atoms with Crippen LogP contribution in [0.3, 0.4) is 0 Å². The minimum atomic E-state index is -3.38. The lowest BCUT2D eigenvalue weighted by atomic mass is 9.61. The summed E-state index contributed by atoms with van der Waals surface area (Å²) in [6, 6.07) is 0. The molecule has 176 valence electrons. The van der Waals surface area contributed by atoms with Crippen molar-refractivity contribution >= 4 is 34.2 Å². The van der Waals surface area contributed by atoms with Gasteiger partial charge in [0.2, 0.25) is 5.95 Å². The van der Waals surface area contributed by atoms with Gasteiger partial charge >= 0.3 is 5.25 Å². The van der Waals surface area contributed by atoms with Crippen LogP contribution in [0.4, 0.5) is 20.5 Å². The van der Waals surface area contributed by atoms with Gasteiger partial charge in [0, 0.05) is 31.4 Å². The molecule has 2 aromatic heterocycles. The van der Waals surface area contributed by atoms with Crippen molar-refractivity contribution < 1.29 is 18.1 Å². The lowest BCUT2D eigenvalue weighted by Gasteiger charge is -2.52. The van der Waals surface area contributed by atoms with Crippen molar-refractivity contribution in [2.75, 3.05) is 29.9 Å². The highest BCUT2D eigenvalue weighted by atomic mass is 35.5. The number of alkyl halides is 2. The maximum Gasteiger partial charge on any atom is 0.331 e. The zero-order valence-electron chi connectivity index (χ0n) is 17.7. The third-order valence-corrected chi connectivity index (χ3v) is 9.18. The van der Waals surface area contributed by atoms with Crippen molar-refractivity contribution in [3.8, 4) is 0 Å². The van der Waals surface area contributed by atoms with E-state index in [-0.39, 0.29) is 28.9 Å². The van der Waals surface area contributed by atoms with E-state index in [0.717, 1.165) is 18.7 Å². The van der Waals surface area contributed by atoms with Crippen molar-refractivity contribution in [2.45, 2.75) is 53.7 Å². The molecule has 4 fully saturated rings. The van der Waals surface area contributed by atoms with Crippen LogP contribution >= 0.6 is 11.6 Å². The molecule has 2 aliphatic carbocycles. The molecule has 0 spiro atoms. The maximum absolute atomic E-state index is 14.3. The fourth-order valence-corrected chi connectivity index (χ4v) is 6.85. The number of aliphatic hydroxyl groups excluding tert-OH is 1. The number of hydrogen-bond donors (Lipinski definition) is 2. The van der Waals surface area contributed by atoms with E-state index in [2.05, 4.69) is 25.3 Å². The van der Waals surface area contributed by atoms with E-state index in [9.17, 15) is 18.1 Å². The molecule has 12 heteroatoms. The van der Waals surface area contributed by atoms with Crippen molar-refractivity contribution in [2.24, 2.45) is 11.8 Å². The van der Waals surface area contributed by atoms with Gasteiger partial charge in [0.1, 0.15) is 27.3 Å². The molecular formula is C21H23ClF2N6O2S. The quantitative estimate of drug-likeness (QED) is 0.651. The number of halogens is 3. The summed E-state index contributed by atoms with van der Waals surface area (Å²) in [7, 11) is -2.53. The molecule has 7 rings (SSSR count). The lowest BCUT2D eigenvalue weighted by Crippen LogP contribution is -2.55. The van der Waals surface area contributed by atoms with E-state index >= 15 is 0 Å². The van der Waals surface area contributed by atoms with Crippen LogP contribution in [0.15, 0.2) is 17.3 Å². The van der Waals surface area contributed by atoms with Gasteiger partial charge in [0.25, 0.3) is 0 Å². The Morgan fingerprint density at radius 2 is 1.91 bits per heavy atom. The Morgan fingerprint density at radius 1 is 1.21 bits per heavy atom. The fraction of sp³-hybridized carbons (Fsp3) is 0.619. The number of piperidine rings is 2. The Balaban J connectivity index is 1.30. The van der Waals surface area contributed by atoms with Crippen molar-refractivity contribution in [1.29, 1.82) is 0 Å². The molecule has 3 atom stereocenters. The average molecular weight is 497 g/mol. The summed E-state index contributed by atoms with van der Waals surface area (Å²) in [6.45, 7) is 1.19. The van der Waals surface area contributed by atoms with E-state index < -0.39 is 28.0 Å². The van der Waals surface area contributed by atoms with Gasteiger partial charge in [0.05, 0.1) is 29.3 Å². The summed E-state index contributed by atoms with van der Waals surface area (Å²) in [5.74, 6) is 2.16. The normalized spacial score (nSPS) is 30.8. The van der Waals surface area contributed by atoms with Crippen LogP contribution in [0.2, 0.25) is 5.02 Å². The average Bonchev–Trinajstić information content (AvgIpc) is 3.00. The Morgan fingerprint density at radius 3 is 2.52 bits per heavy atom. The molecule has 0 radical (unpaired) electrons. The van der Waals surface area contributed by atoms with Gasteiger partial charge in [-0.05, 0) is 37.5 Å². The van der Waals surface area contributed by atoms with Crippen molar-refractivity contribution in [3.05, 3.63) is 28.9 Å². The number of anilines is 2. The first kappa shape index (κ1) is 21.5. The first-order valence-electron chi connectivity index (χ1n) is 11.1. The van der Waals surface area contributed by atoms with Gasteiger partial charge in [-0.2, -0.15) is 13.8 Å². The van der Waals surface area contributed by atoms with Crippen LogP contribution < -0.4 is 10.2 Å². The number of aromatic nitrogens is 4. The third-order valence-electron chi connectivity index (χ3n) is 7.50. The molecule has 2 aromatic rings. The third kappa shape index (κ3) is 3.42.